The van der Waals surface area contributed by atoms with Gasteiger partial charge in [-0.05, 0) is 60.0 Å². The molecule has 1 saturated carbocycles. The third-order valence-corrected chi connectivity index (χ3v) is 10.3. The van der Waals surface area contributed by atoms with Gasteiger partial charge in [-0.3, -0.25) is 29.4 Å². The Labute approximate surface area is 309 Å². The third-order valence-electron chi connectivity index (χ3n) is 10.0. The summed E-state index contributed by atoms with van der Waals surface area (Å²) in [6.07, 6.45) is 6.44. The zero-order valence-corrected chi connectivity index (χ0v) is 29.5. The van der Waals surface area contributed by atoms with E-state index in [1.807, 2.05) is 36.4 Å². The molecular weight excluding hydrogens is 698 g/mol. The van der Waals surface area contributed by atoms with Crippen LogP contribution >= 0.6 is 11.6 Å². The molecule has 2 aliphatic heterocycles. The Kier molecular flexibility index (Phi) is 8.65. The average Bonchev–Trinajstić information content (AvgIpc) is 3.74. The topological polar surface area (TPSA) is 158 Å². The van der Waals surface area contributed by atoms with E-state index in [2.05, 4.69) is 51.8 Å². The minimum atomic E-state index is -0.991. The Morgan fingerprint density at radius 1 is 0.830 bits per heavy atom. The molecule has 0 radical (unpaired) electrons. The zero-order valence-electron chi connectivity index (χ0n) is 28.8. The van der Waals surface area contributed by atoms with Crippen molar-refractivity contribution in [2.45, 2.75) is 63.1 Å². The highest BCUT2D eigenvalue weighted by Gasteiger charge is 2.45. The first-order chi connectivity index (χ1) is 25.5. The van der Waals surface area contributed by atoms with Gasteiger partial charge in [-0.25, -0.2) is 4.98 Å². The second-order valence-corrected chi connectivity index (χ2v) is 14.2. The average molecular weight is 732 g/mol. The quantitative estimate of drug-likeness (QED) is 0.167. The summed E-state index contributed by atoms with van der Waals surface area (Å²) in [6, 6.07) is 21.9. The van der Waals surface area contributed by atoms with E-state index in [9.17, 15) is 19.2 Å². The molecule has 1 atom stereocenters. The van der Waals surface area contributed by atoms with E-state index in [4.69, 9.17) is 21.1 Å². The van der Waals surface area contributed by atoms with Crippen LogP contribution < -0.4 is 20.1 Å². The van der Waals surface area contributed by atoms with Crippen LogP contribution in [0.4, 0.5) is 5.69 Å². The number of nitrogens with zero attached hydrogens (tertiary/aromatic N) is 5. The fraction of sp³-hybridized carbons (Fsp3) is 0.256. The van der Waals surface area contributed by atoms with E-state index in [1.54, 1.807) is 42.9 Å². The Hall–Kier alpha value is -6.08. The SMILES string of the molecule is CC(C)(c1ccc(Oc2cnc(-n3nccn3)c(Cl)c2)cc1)c1ccc(O[C@H]2C[C@H](Nc3ccc4c(c3)C(=O)N(C3CCC(=O)NC3=O)C4=O)C2)cc1. The summed E-state index contributed by atoms with van der Waals surface area (Å²) in [4.78, 5) is 56.7. The molecule has 8 rings (SSSR count). The first-order valence-electron chi connectivity index (χ1n) is 17.2. The number of hydrogen-bond acceptors (Lipinski definition) is 10. The lowest BCUT2D eigenvalue weighted by Crippen LogP contribution is -2.54. The normalized spacial score (nSPS) is 19.8. The van der Waals surface area contributed by atoms with Crippen LogP contribution in [0.3, 0.4) is 0 Å². The number of ether oxygens (including phenoxy) is 2. The number of rotatable bonds is 10. The summed E-state index contributed by atoms with van der Waals surface area (Å²) in [5.41, 5.74) is 3.17. The molecule has 4 heterocycles. The number of halogens is 1. The van der Waals surface area contributed by atoms with Crippen LogP contribution in [0.5, 0.6) is 17.2 Å². The maximum Gasteiger partial charge on any atom is 0.262 e. The van der Waals surface area contributed by atoms with Gasteiger partial charge in [0.2, 0.25) is 11.8 Å². The molecular formula is C39H34ClN7O6. The number of imide groups is 2. The maximum atomic E-state index is 13.2. The van der Waals surface area contributed by atoms with Crippen molar-refractivity contribution in [1.82, 2.24) is 30.2 Å². The number of amides is 4. The number of carbonyl (C=O) groups is 4. The Bertz CT molecular complexity index is 2240. The first-order valence-corrected chi connectivity index (χ1v) is 17.6. The summed E-state index contributed by atoms with van der Waals surface area (Å²) in [7, 11) is 0. The molecule has 53 heavy (non-hydrogen) atoms. The van der Waals surface area contributed by atoms with Crippen LogP contribution in [0.1, 0.15) is 71.4 Å². The van der Waals surface area contributed by atoms with Crippen molar-refractivity contribution in [3.05, 3.63) is 119 Å². The Balaban J connectivity index is 0.836. The van der Waals surface area contributed by atoms with E-state index < -0.39 is 29.7 Å². The molecule has 3 aliphatic rings. The van der Waals surface area contributed by atoms with E-state index in [-0.39, 0.29) is 41.5 Å². The summed E-state index contributed by atoms with van der Waals surface area (Å²) >= 11 is 6.39. The highest BCUT2D eigenvalue weighted by molar-refractivity contribution is 6.32. The van der Waals surface area contributed by atoms with E-state index in [1.165, 1.54) is 4.80 Å². The molecule has 4 amide bonds. The molecule has 3 aromatic carbocycles. The maximum absolute atomic E-state index is 13.2. The molecule has 1 saturated heterocycles. The van der Waals surface area contributed by atoms with Gasteiger partial charge in [0.05, 0.1) is 34.7 Å². The predicted molar refractivity (Wildman–Crippen MR) is 193 cm³/mol. The first kappa shape index (κ1) is 34.0. The molecule has 2 N–H and O–H groups in total. The molecule has 14 heteroatoms. The summed E-state index contributed by atoms with van der Waals surface area (Å²) in [5.74, 6) is 0.278. The predicted octanol–water partition coefficient (Wildman–Crippen LogP) is 5.86. The van der Waals surface area contributed by atoms with Crippen LogP contribution in [0.15, 0.2) is 91.4 Å². The number of nitrogens with one attached hydrogen (secondary N) is 2. The van der Waals surface area contributed by atoms with Crippen LogP contribution in [-0.2, 0) is 15.0 Å². The third kappa shape index (κ3) is 6.59. The molecule has 1 aliphatic carbocycles. The lowest BCUT2D eigenvalue weighted by Gasteiger charge is -2.36. The van der Waals surface area contributed by atoms with Gasteiger partial charge in [-0.15, -0.1) is 4.80 Å². The van der Waals surface area contributed by atoms with Gasteiger partial charge in [-0.2, -0.15) is 10.2 Å². The lowest BCUT2D eigenvalue weighted by atomic mass is 9.78. The van der Waals surface area contributed by atoms with E-state index in [0.717, 1.165) is 34.6 Å². The van der Waals surface area contributed by atoms with Crippen molar-refractivity contribution < 1.29 is 28.7 Å². The molecule has 0 spiro atoms. The number of piperidine rings is 1. The minimum Gasteiger partial charge on any atom is -0.490 e. The van der Waals surface area contributed by atoms with Crippen LogP contribution in [0.25, 0.3) is 5.82 Å². The highest BCUT2D eigenvalue weighted by atomic mass is 35.5. The molecule has 1 unspecified atom stereocenters. The highest BCUT2D eigenvalue weighted by Crippen LogP contribution is 2.36. The number of anilines is 1. The standard InChI is InChI=1S/C39H34ClN7O6/c1-39(2,23-5-10-27(11-6-23)53-29-20-32(40)35(41-21-29)47-42-15-16-43-47)22-3-8-26(9-4-22)52-28-17-25(18-28)44-24-7-12-30-31(19-24)38(51)46(37(30)50)33-13-14-34(48)45-36(33)49/h3-12,15-16,19-21,25,28,33,44H,13-14,17-18H2,1-2H3,(H,45,48,49)/t25-,28-,33?. The van der Waals surface area contributed by atoms with Gasteiger partial charge < -0.3 is 14.8 Å². The molecule has 13 nitrogen and oxygen atoms in total. The molecule has 5 aromatic rings. The van der Waals surface area contributed by atoms with E-state index in [0.29, 0.717) is 28.0 Å². The Morgan fingerprint density at radius 3 is 2.15 bits per heavy atom. The molecule has 2 fully saturated rings. The van der Waals surface area contributed by atoms with Gasteiger partial charge in [-0.1, -0.05) is 49.7 Å². The number of fused-ring (bicyclic) bond motifs is 1. The summed E-state index contributed by atoms with van der Waals surface area (Å²) < 4.78 is 12.3. The number of carbonyl (C=O) groups excluding carboxylic acids is 4. The molecule has 268 valence electrons. The number of aromatic nitrogens is 4. The van der Waals surface area contributed by atoms with Crippen molar-refractivity contribution in [3.8, 4) is 23.1 Å². The smallest absolute Gasteiger partial charge is 0.262 e. The van der Waals surface area contributed by atoms with Crippen molar-refractivity contribution in [2.24, 2.45) is 0 Å². The second kappa shape index (κ2) is 13.5. The monoisotopic (exact) mass is 731 g/mol. The van der Waals surface area contributed by atoms with Gasteiger partial charge in [0, 0.05) is 42.5 Å². The van der Waals surface area contributed by atoms with Gasteiger partial charge in [0.25, 0.3) is 11.8 Å². The fourth-order valence-electron chi connectivity index (χ4n) is 6.90. The largest absolute Gasteiger partial charge is 0.490 e. The van der Waals surface area contributed by atoms with Gasteiger partial charge in [0.1, 0.15) is 29.4 Å². The fourth-order valence-corrected chi connectivity index (χ4v) is 7.13. The molecule has 2 aromatic heterocycles. The second-order valence-electron chi connectivity index (χ2n) is 13.8. The number of benzene rings is 3. The van der Waals surface area contributed by atoms with Gasteiger partial charge >= 0.3 is 0 Å². The summed E-state index contributed by atoms with van der Waals surface area (Å²) in [5, 5.41) is 14.1. The van der Waals surface area contributed by atoms with Gasteiger partial charge in [0.15, 0.2) is 5.82 Å². The van der Waals surface area contributed by atoms with Crippen LogP contribution in [0, 0.1) is 0 Å². The zero-order chi connectivity index (χ0) is 36.9. The van der Waals surface area contributed by atoms with Crippen LogP contribution in [0.2, 0.25) is 5.02 Å². The Morgan fingerprint density at radius 2 is 1.49 bits per heavy atom. The van der Waals surface area contributed by atoms with Crippen molar-refractivity contribution in [2.75, 3.05) is 5.32 Å². The minimum absolute atomic E-state index is 0.0306. The number of hydrogen-bond donors (Lipinski definition) is 2. The number of pyridine rings is 1. The van der Waals surface area contributed by atoms with Crippen molar-refractivity contribution >= 4 is 40.9 Å². The lowest BCUT2D eigenvalue weighted by molar-refractivity contribution is -0.136. The van der Waals surface area contributed by atoms with Crippen molar-refractivity contribution in [1.29, 1.82) is 0 Å². The van der Waals surface area contributed by atoms with E-state index >= 15 is 0 Å². The van der Waals surface area contributed by atoms with Crippen LogP contribution in [-0.4, -0.2) is 66.7 Å². The van der Waals surface area contributed by atoms with Crippen molar-refractivity contribution in [3.63, 3.8) is 0 Å². The summed E-state index contributed by atoms with van der Waals surface area (Å²) in [6.45, 7) is 4.34. The molecule has 0 bridgehead atoms.